The third-order valence-corrected chi connectivity index (χ3v) is 5.62. The van der Waals surface area contributed by atoms with E-state index in [1.165, 1.54) is 12.3 Å². The Labute approximate surface area is 177 Å². The van der Waals surface area contributed by atoms with Crippen LogP contribution in [-0.4, -0.2) is 11.3 Å². The summed E-state index contributed by atoms with van der Waals surface area (Å²) >= 11 is 3.33. The zero-order chi connectivity index (χ0) is 20.9. The molecule has 150 valence electrons. The molecule has 0 atom stereocenters. The zero-order valence-electron chi connectivity index (χ0n) is 15.9. The highest BCUT2D eigenvalue weighted by molar-refractivity contribution is 9.10. The Bertz CT molecular complexity index is 1000. The normalized spacial score (nSPS) is 11.4. The van der Waals surface area contributed by atoms with Crippen molar-refractivity contribution in [3.8, 4) is 17.2 Å². The molecule has 0 unspecified atom stereocenters. The molecule has 8 heteroatoms. The molecule has 0 fully saturated rings. The molecule has 3 aromatic rings. The van der Waals surface area contributed by atoms with Gasteiger partial charge in [0.1, 0.15) is 17.2 Å². The summed E-state index contributed by atoms with van der Waals surface area (Å²) in [5, 5.41) is 16.4. The maximum Gasteiger partial charge on any atom is 0.557 e. The van der Waals surface area contributed by atoms with Gasteiger partial charge in [-0.15, -0.1) is 0 Å². The van der Waals surface area contributed by atoms with Gasteiger partial charge in [0.2, 0.25) is 0 Å². The Morgan fingerprint density at radius 1 is 0.931 bits per heavy atom. The molecule has 0 aliphatic rings. The number of hydrogen-bond donors (Lipinski definition) is 2. The van der Waals surface area contributed by atoms with Crippen molar-refractivity contribution >= 4 is 29.9 Å². The third-order valence-electron chi connectivity index (χ3n) is 3.87. The van der Waals surface area contributed by atoms with Crippen LogP contribution in [0.2, 0.25) is 0 Å². The van der Waals surface area contributed by atoms with Gasteiger partial charge >= 0.3 is 7.75 Å². The average Bonchev–Trinajstić information content (AvgIpc) is 2.68. The van der Waals surface area contributed by atoms with E-state index in [-0.39, 0.29) is 5.75 Å². The highest BCUT2D eigenvalue weighted by atomic mass is 79.9. The fourth-order valence-electron chi connectivity index (χ4n) is 2.33. The number of aryl methyl sites for hydroxylation is 2. The number of nitrogens with one attached hydrogen (secondary N) is 1. The minimum absolute atomic E-state index is 0.0347. The standard InChI is InChI=1S/C21H20BrN2O4P/c1-15-3-8-19(9-4-15)27-29(26,28-20-10-5-16(2)6-11-20)24-23-14-17-13-18(22)7-12-21(17)25/h3-14,25H,1-2H3,(H,24,26). The van der Waals surface area contributed by atoms with Crippen LogP contribution >= 0.6 is 23.7 Å². The molecule has 0 saturated carbocycles. The maximum atomic E-state index is 13.3. The van der Waals surface area contributed by atoms with E-state index in [1.807, 2.05) is 38.1 Å². The molecule has 2 N–H and O–H groups in total. The first-order chi connectivity index (χ1) is 13.8. The number of hydrogen-bond acceptors (Lipinski definition) is 5. The molecule has 0 aliphatic carbocycles. The zero-order valence-corrected chi connectivity index (χ0v) is 18.4. The van der Waals surface area contributed by atoms with Crippen molar-refractivity contribution in [3.63, 3.8) is 0 Å². The summed E-state index contributed by atoms with van der Waals surface area (Å²) in [5.41, 5.74) is 2.52. The molecule has 3 rings (SSSR count). The van der Waals surface area contributed by atoms with Gasteiger partial charge in [-0.3, -0.25) is 0 Å². The number of benzene rings is 3. The number of nitrogens with zero attached hydrogens (tertiary/aromatic N) is 1. The highest BCUT2D eigenvalue weighted by Crippen LogP contribution is 2.44. The summed E-state index contributed by atoms with van der Waals surface area (Å²) in [6.45, 7) is 3.89. The molecule has 0 amide bonds. The second kappa shape index (κ2) is 9.16. The molecule has 0 bridgehead atoms. The summed E-state index contributed by atoms with van der Waals surface area (Å²) in [5.74, 6) is 0.783. The highest BCUT2D eigenvalue weighted by Gasteiger charge is 2.28. The van der Waals surface area contributed by atoms with E-state index in [1.54, 1.807) is 36.4 Å². The van der Waals surface area contributed by atoms with Crippen molar-refractivity contribution < 1.29 is 18.7 Å². The number of hydrazone groups is 1. The molecule has 6 nitrogen and oxygen atoms in total. The lowest BCUT2D eigenvalue weighted by Crippen LogP contribution is -2.14. The smallest absolute Gasteiger partial charge is 0.507 e. The molecular formula is C21H20BrN2O4P. The summed E-state index contributed by atoms with van der Waals surface area (Å²) in [7, 11) is -3.90. The summed E-state index contributed by atoms with van der Waals surface area (Å²) < 4.78 is 25.3. The lowest BCUT2D eigenvalue weighted by molar-refractivity contribution is 0.372. The number of rotatable bonds is 7. The fourth-order valence-corrected chi connectivity index (χ4v) is 3.83. The number of phenolic OH excluding ortho intramolecular Hbond substituents is 1. The molecule has 0 saturated heterocycles. The van der Waals surface area contributed by atoms with Crippen molar-refractivity contribution in [2.75, 3.05) is 0 Å². The van der Waals surface area contributed by atoms with Crippen LogP contribution in [0.4, 0.5) is 0 Å². The molecule has 0 spiro atoms. The van der Waals surface area contributed by atoms with E-state index in [2.05, 4.69) is 26.2 Å². The first kappa shape index (κ1) is 21.0. The minimum Gasteiger partial charge on any atom is -0.507 e. The van der Waals surface area contributed by atoms with Crippen LogP contribution in [0.25, 0.3) is 0 Å². The quantitative estimate of drug-likeness (QED) is 0.250. The third kappa shape index (κ3) is 6.11. The van der Waals surface area contributed by atoms with Crippen LogP contribution < -0.4 is 14.2 Å². The summed E-state index contributed by atoms with van der Waals surface area (Å²) in [6.07, 6.45) is 1.34. The molecule has 0 radical (unpaired) electrons. The largest absolute Gasteiger partial charge is 0.557 e. The Morgan fingerprint density at radius 2 is 1.45 bits per heavy atom. The van der Waals surface area contributed by atoms with Crippen LogP contribution in [0.15, 0.2) is 76.3 Å². The summed E-state index contributed by atoms with van der Waals surface area (Å²) in [6, 6.07) is 19.1. The van der Waals surface area contributed by atoms with Crippen LogP contribution in [0.3, 0.4) is 0 Å². The Balaban J connectivity index is 1.83. The molecule has 0 aliphatic heterocycles. The van der Waals surface area contributed by atoms with Gasteiger partial charge in [-0.05, 0) is 56.3 Å². The van der Waals surface area contributed by atoms with Gasteiger partial charge in [0.05, 0.1) is 6.21 Å². The number of phenols is 1. The van der Waals surface area contributed by atoms with Crippen LogP contribution in [0.1, 0.15) is 16.7 Å². The maximum absolute atomic E-state index is 13.3. The first-order valence-corrected chi connectivity index (χ1v) is 11.1. The van der Waals surface area contributed by atoms with Gasteiger partial charge in [0.15, 0.2) is 0 Å². The molecular weight excluding hydrogens is 455 g/mol. The minimum atomic E-state index is -3.90. The van der Waals surface area contributed by atoms with Crippen LogP contribution in [-0.2, 0) is 4.57 Å². The van der Waals surface area contributed by atoms with E-state index < -0.39 is 7.75 Å². The Morgan fingerprint density at radius 3 is 1.97 bits per heavy atom. The predicted octanol–water partition coefficient (Wildman–Crippen LogP) is 5.96. The van der Waals surface area contributed by atoms with Crippen molar-refractivity contribution in [1.29, 1.82) is 0 Å². The lowest BCUT2D eigenvalue weighted by Gasteiger charge is -2.18. The van der Waals surface area contributed by atoms with Gasteiger partial charge in [-0.1, -0.05) is 51.3 Å². The van der Waals surface area contributed by atoms with Crippen molar-refractivity contribution in [2.45, 2.75) is 13.8 Å². The van der Waals surface area contributed by atoms with E-state index >= 15 is 0 Å². The lowest BCUT2D eigenvalue weighted by atomic mass is 10.2. The van der Waals surface area contributed by atoms with Gasteiger partial charge in [0, 0.05) is 10.0 Å². The van der Waals surface area contributed by atoms with Gasteiger partial charge in [-0.25, -0.2) is 4.57 Å². The van der Waals surface area contributed by atoms with Crippen molar-refractivity contribution in [2.24, 2.45) is 5.10 Å². The fraction of sp³-hybridized carbons (Fsp3) is 0.0952. The van der Waals surface area contributed by atoms with Gasteiger partial charge in [-0.2, -0.15) is 10.3 Å². The summed E-state index contributed by atoms with van der Waals surface area (Å²) in [4.78, 5) is 0. The van der Waals surface area contributed by atoms with Crippen molar-refractivity contribution in [3.05, 3.63) is 87.9 Å². The van der Waals surface area contributed by atoms with Gasteiger partial charge in [0.25, 0.3) is 0 Å². The topological polar surface area (TPSA) is 80.2 Å². The second-order valence-electron chi connectivity index (χ2n) is 6.37. The van der Waals surface area contributed by atoms with E-state index in [4.69, 9.17) is 9.05 Å². The Kier molecular flexibility index (Phi) is 6.62. The number of halogens is 1. The molecule has 0 heterocycles. The van der Waals surface area contributed by atoms with Crippen molar-refractivity contribution in [1.82, 2.24) is 5.20 Å². The van der Waals surface area contributed by atoms with E-state index in [9.17, 15) is 9.67 Å². The van der Waals surface area contributed by atoms with Crippen LogP contribution in [0.5, 0.6) is 17.2 Å². The van der Waals surface area contributed by atoms with E-state index in [0.29, 0.717) is 17.1 Å². The molecule has 3 aromatic carbocycles. The monoisotopic (exact) mass is 474 g/mol. The molecule has 29 heavy (non-hydrogen) atoms. The molecule has 0 aromatic heterocycles. The number of aromatic hydroxyl groups is 1. The average molecular weight is 475 g/mol. The van der Waals surface area contributed by atoms with Crippen LogP contribution in [0, 0.1) is 13.8 Å². The SMILES string of the molecule is Cc1ccc(OP(=O)(NN=Cc2cc(Br)ccc2O)Oc2ccc(C)cc2)cc1. The second-order valence-corrected chi connectivity index (χ2v) is 8.84. The Hall–Kier alpha value is -2.76. The first-order valence-electron chi connectivity index (χ1n) is 8.74. The van der Waals surface area contributed by atoms with E-state index in [0.717, 1.165) is 15.6 Å². The predicted molar refractivity (Wildman–Crippen MR) is 118 cm³/mol. The van der Waals surface area contributed by atoms with Gasteiger partial charge < -0.3 is 14.2 Å².